The van der Waals surface area contributed by atoms with E-state index in [4.69, 9.17) is 21.1 Å². The molecule has 1 aliphatic heterocycles. The normalized spacial score (nSPS) is 17.3. The van der Waals surface area contributed by atoms with Gasteiger partial charge in [0.05, 0.1) is 29.5 Å². The Labute approximate surface area is 182 Å². The summed E-state index contributed by atoms with van der Waals surface area (Å²) in [6.45, 7) is 1.14. The van der Waals surface area contributed by atoms with Crippen LogP contribution in [0.4, 0.5) is 0 Å². The number of halogens is 1. The van der Waals surface area contributed by atoms with E-state index in [0.717, 1.165) is 0 Å². The van der Waals surface area contributed by atoms with E-state index in [2.05, 4.69) is 5.32 Å². The largest absolute Gasteiger partial charge is 0.497 e. The molecule has 1 amide bonds. The van der Waals surface area contributed by atoms with Crippen molar-refractivity contribution >= 4 is 27.5 Å². The van der Waals surface area contributed by atoms with Crippen molar-refractivity contribution < 1.29 is 22.7 Å². The lowest BCUT2D eigenvalue weighted by atomic mass is 9.99. The minimum atomic E-state index is -3.66. The van der Waals surface area contributed by atoms with Gasteiger partial charge in [0.25, 0.3) is 0 Å². The molecule has 1 aliphatic rings. The van der Waals surface area contributed by atoms with Gasteiger partial charge in [-0.15, -0.1) is 0 Å². The Morgan fingerprint density at radius 3 is 2.63 bits per heavy atom. The monoisotopic (exact) mass is 452 g/mol. The zero-order chi connectivity index (χ0) is 21.6. The van der Waals surface area contributed by atoms with Crippen LogP contribution in [0.2, 0.25) is 5.02 Å². The van der Waals surface area contributed by atoms with Gasteiger partial charge in [-0.2, -0.15) is 4.31 Å². The summed E-state index contributed by atoms with van der Waals surface area (Å²) in [7, 11) is -2.14. The molecule has 3 rings (SSSR count). The Balaban J connectivity index is 1.53. The average Bonchev–Trinajstić information content (AvgIpc) is 2.77. The van der Waals surface area contributed by atoms with E-state index in [0.29, 0.717) is 42.5 Å². The van der Waals surface area contributed by atoms with Crippen LogP contribution in [0, 0.1) is 5.92 Å². The number of para-hydroxylation sites is 1. The van der Waals surface area contributed by atoms with Crippen molar-refractivity contribution in [1.29, 1.82) is 0 Å². The third kappa shape index (κ3) is 5.44. The van der Waals surface area contributed by atoms with Crippen molar-refractivity contribution in [3.63, 3.8) is 0 Å². The summed E-state index contributed by atoms with van der Waals surface area (Å²) in [5.41, 5.74) is 0. The Kier molecular flexibility index (Phi) is 7.58. The van der Waals surface area contributed by atoms with Crippen LogP contribution in [0.1, 0.15) is 12.8 Å². The molecule has 2 aromatic rings. The van der Waals surface area contributed by atoms with E-state index in [1.807, 2.05) is 12.1 Å². The molecular formula is C21H25ClN2O5S. The molecule has 0 bridgehead atoms. The van der Waals surface area contributed by atoms with Crippen LogP contribution < -0.4 is 14.8 Å². The Morgan fingerprint density at radius 1 is 1.20 bits per heavy atom. The molecule has 0 spiro atoms. The summed E-state index contributed by atoms with van der Waals surface area (Å²) in [5, 5.41) is 3.33. The second-order valence-corrected chi connectivity index (χ2v) is 9.29. The number of amides is 1. The zero-order valence-corrected chi connectivity index (χ0v) is 18.3. The molecule has 0 radical (unpaired) electrons. The highest BCUT2D eigenvalue weighted by molar-refractivity contribution is 7.89. The van der Waals surface area contributed by atoms with Gasteiger partial charge < -0.3 is 14.8 Å². The lowest BCUT2D eigenvalue weighted by molar-refractivity contribution is -0.126. The molecule has 0 saturated carbocycles. The number of carbonyl (C=O) groups is 1. The number of methoxy groups -OCH3 is 1. The van der Waals surface area contributed by atoms with Crippen molar-refractivity contribution in [2.24, 2.45) is 5.92 Å². The molecule has 1 fully saturated rings. The molecule has 2 aromatic carbocycles. The third-order valence-corrected chi connectivity index (χ3v) is 7.14. The van der Waals surface area contributed by atoms with E-state index in [1.54, 1.807) is 24.3 Å². The summed E-state index contributed by atoms with van der Waals surface area (Å²) < 4.78 is 37.9. The van der Waals surface area contributed by atoms with Crippen molar-refractivity contribution in [2.45, 2.75) is 17.7 Å². The standard InChI is InChI=1S/C21H25ClN2O5S/c1-28-17-8-10-18(11-9-17)30(26,27)24-13-4-5-16(15-24)21(25)23-12-14-29-20-7-3-2-6-19(20)22/h2-3,6-11,16H,4-5,12-15H2,1H3,(H,23,25)/t16-/m0/s1. The third-order valence-electron chi connectivity index (χ3n) is 4.95. The van der Waals surface area contributed by atoms with Gasteiger partial charge in [0, 0.05) is 13.1 Å². The second-order valence-electron chi connectivity index (χ2n) is 6.95. The molecule has 1 atom stereocenters. The van der Waals surface area contributed by atoms with Gasteiger partial charge in [-0.05, 0) is 49.2 Å². The first-order valence-electron chi connectivity index (χ1n) is 9.71. The van der Waals surface area contributed by atoms with Crippen molar-refractivity contribution in [3.05, 3.63) is 53.6 Å². The van der Waals surface area contributed by atoms with E-state index in [1.165, 1.54) is 23.5 Å². The minimum absolute atomic E-state index is 0.158. The molecule has 0 unspecified atom stereocenters. The number of benzene rings is 2. The van der Waals surface area contributed by atoms with Gasteiger partial charge in [-0.25, -0.2) is 8.42 Å². The van der Waals surface area contributed by atoms with Crippen LogP contribution in [0.5, 0.6) is 11.5 Å². The Bertz CT molecular complexity index is 966. The molecule has 0 aromatic heterocycles. The predicted molar refractivity (Wildman–Crippen MR) is 114 cm³/mol. The van der Waals surface area contributed by atoms with E-state index < -0.39 is 15.9 Å². The maximum atomic E-state index is 12.9. The maximum absolute atomic E-state index is 12.9. The summed E-state index contributed by atoms with van der Waals surface area (Å²) in [4.78, 5) is 12.7. The molecule has 30 heavy (non-hydrogen) atoms. The van der Waals surface area contributed by atoms with Crippen LogP contribution >= 0.6 is 11.6 Å². The van der Waals surface area contributed by atoms with Gasteiger partial charge >= 0.3 is 0 Å². The SMILES string of the molecule is COc1ccc(S(=O)(=O)N2CCC[C@H](C(=O)NCCOc3ccccc3Cl)C2)cc1. The molecule has 1 saturated heterocycles. The topological polar surface area (TPSA) is 84.9 Å². The van der Waals surface area contributed by atoms with Crippen LogP contribution in [0.25, 0.3) is 0 Å². The first-order chi connectivity index (χ1) is 14.4. The number of hydrogen-bond donors (Lipinski definition) is 1. The van der Waals surface area contributed by atoms with Crippen molar-refractivity contribution in [3.8, 4) is 11.5 Å². The molecule has 1 heterocycles. The smallest absolute Gasteiger partial charge is 0.243 e. The summed E-state index contributed by atoms with van der Waals surface area (Å²) in [5.74, 6) is 0.575. The average molecular weight is 453 g/mol. The van der Waals surface area contributed by atoms with Gasteiger partial charge in [0.2, 0.25) is 15.9 Å². The number of piperidine rings is 1. The number of ether oxygens (including phenoxy) is 2. The fourth-order valence-corrected chi connectivity index (χ4v) is 5.03. The second kappa shape index (κ2) is 10.1. The number of nitrogens with zero attached hydrogens (tertiary/aromatic N) is 1. The number of nitrogens with one attached hydrogen (secondary N) is 1. The number of hydrogen-bond acceptors (Lipinski definition) is 5. The van der Waals surface area contributed by atoms with Crippen molar-refractivity contribution in [1.82, 2.24) is 9.62 Å². The van der Waals surface area contributed by atoms with Gasteiger partial charge in [0.15, 0.2) is 0 Å². The van der Waals surface area contributed by atoms with Gasteiger partial charge in [0.1, 0.15) is 18.1 Å². The van der Waals surface area contributed by atoms with E-state index >= 15 is 0 Å². The van der Waals surface area contributed by atoms with Crippen molar-refractivity contribution in [2.75, 3.05) is 33.4 Å². The lowest BCUT2D eigenvalue weighted by Gasteiger charge is -2.31. The zero-order valence-electron chi connectivity index (χ0n) is 16.7. The Morgan fingerprint density at radius 2 is 1.93 bits per heavy atom. The molecule has 162 valence electrons. The predicted octanol–water partition coefficient (Wildman–Crippen LogP) is 2.94. The Hall–Kier alpha value is -2.29. The van der Waals surface area contributed by atoms with E-state index in [-0.39, 0.29) is 24.0 Å². The highest BCUT2D eigenvalue weighted by Crippen LogP contribution is 2.25. The summed E-state index contributed by atoms with van der Waals surface area (Å²) in [6, 6.07) is 13.4. The number of rotatable bonds is 8. The van der Waals surface area contributed by atoms with Crippen LogP contribution in [-0.4, -0.2) is 52.0 Å². The van der Waals surface area contributed by atoms with Crippen LogP contribution in [-0.2, 0) is 14.8 Å². The fourth-order valence-electron chi connectivity index (χ4n) is 3.31. The van der Waals surface area contributed by atoms with Crippen LogP contribution in [0.15, 0.2) is 53.4 Å². The summed E-state index contributed by atoms with van der Waals surface area (Å²) >= 11 is 6.03. The molecule has 1 N–H and O–H groups in total. The molecule has 0 aliphatic carbocycles. The van der Waals surface area contributed by atoms with E-state index in [9.17, 15) is 13.2 Å². The quantitative estimate of drug-likeness (QED) is 0.622. The van der Waals surface area contributed by atoms with Crippen LogP contribution in [0.3, 0.4) is 0 Å². The van der Waals surface area contributed by atoms with Gasteiger partial charge in [-0.3, -0.25) is 4.79 Å². The fraction of sp³-hybridized carbons (Fsp3) is 0.381. The molecular weight excluding hydrogens is 428 g/mol. The lowest BCUT2D eigenvalue weighted by Crippen LogP contribution is -2.45. The highest BCUT2D eigenvalue weighted by atomic mass is 35.5. The first-order valence-corrected chi connectivity index (χ1v) is 11.5. The minimum Gasteiger partial charge on any atom is -0.497 e. The molecule has 9 heteroatoms. The maximum Gasteiger partial charge on any atom is 0.243 e. The number of carbonyl (C=O) groups excluding carboxylic acids is 1. The first kappa shape index (κ1) is 22.4. The summed E-state index contributed by atoms with van der Waals surface area (Å²) in [6.07, 6.45) is 1.27. The molecule has 7 nitrogen and oxygen atoms in total. The highest BCUT2D eigenvalue weighted by Gasteiger charge is 2.33. The number of sulfonamides is 1. The van der Waals surface area contributed by atoms with Gasteiger partial charge in [-0.1, -0.05) is 23.7 Å².